The number of para-hydroxylation sites is 1. The Balaban J connectivity index is 2.10. The number of benzene rings is 2. The van der Waals surface area contributed by atoms with Crippen LogP contribution in [0.25, 0.3) is 0 Å². The second-order valence-electron chi connectivity index (χ2n) is 5.05. The third-order valence-corrected chi connectivity index (χ3v) is 4.93. The lowest BCUT2D eigenvalue weighted by atomic mass is 9.94. The largest absolute Gasteiger partial charge is 0.493 e. The Hall–Kier alpha value is -0.880. The van der Waals surface area contributed by atoms with E-state index in [1.807, 2.05) is 12.1 Å². The van der Waals surface area contributed by atoms with Gasteiger partial charge >= 0.3 is 0 Å². The Morgan fingerprint density at radius 2 is 2.00 bits per heavy atom. The molecule has 1 atom stereocenters. The van der Waals surface area contributed by atoms with Gasteiger partial charge in [-0.15, -0.1) is 0 Å². The maximum absolute atomic E-state index is 5.91. The molecular formula is C16H16Br2N2O. The highest BCUT2D eigenvalue weighted by Gasteiger charge is 2.23. The van der Waals surface area contributed by atoms with Crippen LogP contribution in [0.2, 0.25) is 0 Å². The average molecular weight is 412 g/mol. The van der Waals surface area contributed by atoms with Gasteiger partial charge in [0.05, 0.1) is 12.6 Å². The van der Waals surface area contributed by atoms with E-state index in [0.29, 0.717) is 0 Å². The van der Waals surface area contributed by atoms with Gasteiger partial charge in [0.2, 0.25) is 0 Å². The first-order valence-electron chi connectivity index (χ1n) is 6.86. The number of hydrogen-bond acceptors (Lipinski definition) is 3. The van der Waals surface area contributed by atoms with Crippen molar-refractivity contribution in [3.63, 3.8) is 0 Å². The lowest BCUT2D eigenvalue weighted by Crippen LogP contribution is -2.30. The van der Waals surface area contributed by atoms with Crippen LogP contribution in [0.1, 0.15) is 29.2 Å². The van der Waals surface area contributed by atoms with Crippen molar-refractivity contribution in [3.05, 3.63) is 62.0 Å². The van der Waals surface area contributed by atoms with Crippen LogP contribution in [-0.2, 0) is 6.42 Å². The minimum Gasteiger partial charge on any atom is -0.493 e. The zero-order valence-corrected chi connectivity index (χ0v) is 14.6. The number of ether oxygens (including phenoxy) is 1. The summed E-state index contributed by atoms with van der Waals surface area (Å²) in [6.07, 6.45) is 2.12. The average Bonchev–Trinajstić information content (AvgIpc) is 2.51. The highest BCUT2D eigenvalue weighted by molar-refractivity contribution is 9.11. The molecule has 1 aliphatic heterocycles. The summed E-state index contributed by atoms with van der Waals surface area (Å²) in [4.78, 5) is 0. The predicted octanol–water partition coefficient (Wildman–Crippen LogP) is 4.09. The van der Waals surface area contributed by atoms with Gasteiger partial charge in [-0.1, -0.05) is 50.1 Å². The Bertz CT molecular complexity index is 661. The highest BCUT2D eigenvalue weighted by Crippen LogP contribution is 2.38. The van der Waals surface area contributed by atoms with Crippen molar-refractivity contribution < 1.29 is 4.74 Å². The standard InChI is InChI=1S/C16H16Br2N2O/c17-11-6-7-14(18)13(9-11)15(20-19)12-5-1-3-10-4-2-8-21-16(10)12/h1,3,5-7,9,15,20H,2,4,8,19H2. The van der Waals surface area contributed by atoms with Gasteiger partial charge in [0.15, 0.2) is 0 Å². The molecule has 110 valence electrons. The fourth-order valence-electron chi connectivity index (χ4n) is 2.72. The number of hydrogen-bond donors (Lipinski definition) is 2. The first kappa shape index (κ1) is 15.0. The second kappa shape index (κ2) is 6.48. The van der Waals surface area contributed by atoms with Crippen LogP contribution in [0.15, 0.2) is 45.3 Å². The Labute approximate surface area is 141 Å². The van der Waals surface area contributed by atoms with Gasteiger partial charge in [0, 0.05) is 14.5 Å². The molecule has 3 nitrogen and oxygen atoms in total. The number of hydrazine groups is 1. The minimum atomic E-state index is -0.120. The number of rotatable bonds is 3. The van der Waals surface area contributed by atoms with Crippen molar-refractivity contribution >= 4 is 31.9 Å². The molecule has 1 aliphatic rings. The van der Waals surface area contributed by atoms with E-state index in [1.54, 1.807) is 0 Å². The van der Waals surface area contributed by atoms with Crippen molar-refractivity contribution in [2.45, 2.75) is 18.9 Å². The predicted molar refractivity (Wildman–Crippen MR) is 91.3 cm³/mol. The zero-order chi connectivity index (χ0) is 14.8. The molecule has 3 N–H and O–H groups in total. The molecule has 0 spiro atoms. The monoisotopic (exact) mass is 410 g/mol. The molecule has 1 unspecified atom stereocenters. The molecule has 3 rings (SSSR count). The molecular weight excluding hydrogens is 396 g/mol. The summed E-state index contributed by atoms with van der Waals surface area (Å²) < 4.78 is 7.94. The Morgan fingerprint density at radius 3 is 2.81 bits per heavy atom. The molecule has 0 aromatic heterocycles. The quantitative estimate of drug-likeness (QED) is 0.590. The molecule has 0 saturated carbocycles. The molecule has 5 heteroatoms. The highest BCUT2D eigenvalue weighted by atomic mass is 79.9. The van der Waals surface area contributed by atoms with Gasteiger partial charge in [-0.3, -0.25) is 5.84 Å². The molecule has 0 amide bonds. The van der Waals surface area contributed by atoms with Crippen LogP contribution in [0.5, 0.6) is 5.75 Å². The van der Waals surface area contributed by atoms with E-state index < -0.39 is 0 Å². The van der Waals surface area contributed by atoms with Crippen molar-refractivity contribution in [2.24, 2.45) is 5.84 Å². The van der Waals surface area contributed by atoms with Gasteiger partial charge in [-0.25, -0.2) is 5.43 Å². The molecule has 21 heavy (non-hydrogen) atoms. The Kier molecular flexibility index (Phi) is 4.64. The van der Waals surface area contributed by atoms with E-state index in [9.17, 15) is 0 Å². The Morgan fingerprint density at radius 1 is 1.14 bits per heavy atom. The van der Waals surface area contributed by atoms with Gasteiger partial charge in [-0.2, -0.15) is 0 Å². The third-order valence-electron chi connectivity index (χ3n) is 3.71. The fourth-order valence-corrected chi connectivity index (χ4v) is 3.58. The second-order valence-corrected chi connectivity index (χ2v) is 6.82. The van der Waals surface area contributed by atoms with E-state index in [-0.39, 0.29) is 6.04 Å². The fraction of sp³-hybridized carbons (Fsp3) is 0.250. The normalized spacial score (nSPS) is 15.2. The van der Waals surface area contributed by atoms with E-state index in [2.05, 4.69) is 61.6 Å². The number of aryl methyl sites for hydroxylation is 1. The number of nitrogens with two attached hydrogens (primary N) is 1. The molecule has 2 aromatic carbocycles. The summed E-state index contributed by atoms with van der Waals surface area (Å²) in [5.41, 5.74) is 6.33. The van der Waals surface area contributed by atoms with Crippen LogP contribution in [0.4, 0.5) is 0 Å². The van der Waals surface area contributed by atoms with E-state index in [4.69, 9.17) is 10.6 Å². The third kappa shape index (κ3) is 3.01. The lowest BCUT2D eigenvalue weighted by molar-refractivity contribution is 0.283. The first-order valence-corrected chi connectivity index (χ1v) is 8.45. The van der Waals surface area contributed by atoms with E-state index >= 15 is 0 Å². The van der Waals surface area contributed by atoms with Crippen molar-refractivity contribution in [2.75, 3.05) is 6.61 Å². The van der Waals surface area contributed by atoms with Crippen molar-refractivity contribution in [3.8, 4) is 5.75 Å². The smallest absolute Gasteiger partial charge is 0.127 e. The molecule has 0 radical (unpaired) electrons. The van der Waals surface area contributed by atoms with Crippen LogP contribution in [0, 0.1) is 0 Å². The maximum Gasteiger partial charge on any atom is 0.127 e. The van der Waals surface area contributed by atoms with Crippen LogP contribution < -0.4 is 16.0 Å². The van der Waals surface area contributed by atoms with E-state index in [1.165, 1.54) is 5.56 Å². The molecule has 0 saturated heterocycles. The number of nitrogens with one attached hydrogen (secondary N) is 1. The summed E-state index contributed by atoms with van der Waals surface area (Å²) in [5.74, 6) is 6.82. The molecule has 0 fully saturated rings. The molecule has 0 aliphatic carbocycles. The van der Waals surface area contributed by atoms with Gasteiger partial charge in [0.1, 0.15) is 5.75 Å². The first-order chi connectivity index (χ1) is 10.2. The van der Waals surface area contributed by atoms with Crippen molar-refractivity contribution in [1.29, 1.82) is 0 Å². The molecule has 0 bridgehead atoms. The van der Waals surface area contributed by atoms with Crippen molar-refractivity contribution in [1.82, 2.24) is 5.43 Å². The maximum atomic E-state index is 5.91. The van der Waals surface area contributed by atoms with Gasteiger partial charge in [0.25, 0.3) is 0 Å². The minimum absolute atomic E-state index is 0.120. The van der Waals surface area contributed by atoms with E-state index in [0.717, 1.165) is 45.3 Å². The van der Waals surface area contributed by atoms with Gasteiger partial charge < -0.3 is 4.74 Å². The molecule has 1 heterocycles. The summed E-state index contributed by atoms with van der Waals surface area (Å²) in [6, 6.07) is 12.2. The zero-order valence-electron chi connectivity index (χ0n) is 11.4. The summed E-state index contributed by atoms with van der Waals surface area (Å²) in [5, 5.41) is 0. The lowest BCUT2D eigenvalue weighted by Gasteiger charge is -2.25. The van der Waals surface area contributed by atoms with Crippen LogP contribution in [0.3, 0.4) is 0 Å². The topological polar surface area (TPSA) is 47.3 Å². The summed E-state index contributed by atoms with van der Waals surface area (Å²) in [6.45, 7) is 0.765. The van der Waals surface area contributed by atoms with Gasteiger partial charge in [-0.05, 0) is 42.2 Å². The number of halogens is 2. The van der Waals surface area contributed by atoms with Crippen LogP contribution in [-0.4, -0.2) is 6.61 Å². The SMILES string of the molecule is NNC(c1cc(Br)ccc1Br)c1cccc2c1OCCC2. The summed E-state index contributed by atoms with van der Waals surface area (Å²) >= 11 is 7.13. The molecule has 2 aromatic rings. The number of fused-ring (bicyclic) bond motifs is 1. The van der Waals surface area contributed by atoms with Crippen LogP contribution >= 0.6 is 31.9 Å². The summed E-state index contributed by atoms with van der Waals surface area (Å²) in [7, 11) is 0.